The number of carbonyl (C=O) groups is 3. The molecule has 1 heterocycles. The zero-order chi connectivity index (χ0) is 27.1. The Balaban J connectivity index is 1.54. The van der Waals surface area contributed by atoms with Crippen LogP contribution in [-0.2, 0) is 20.8 Å². The molecule has 3 unspecified atom stereocenters. The summed E-state index contributed by atoms with van der Waals surface area (Å²) in [5.41, 5.74) is 0.772. The van der Waals surface area contributed by atoms with E-state index in [1.807, 2.05) is 12.1 Å². The summed E-state index contributed by atoms with van der Waals surface area (Å²) in [6.07, 6.45) is 0.802. The minimum Gasteiger partial charge on any atom is -0.481 e. The molecule has 0 radical (unpaired) electrons. The van der Waals surface area contributed by atoms with E-state index in [0.29, 0.717) is 45.2 Å². The molecule has 3 atom stereocenters. The van der Waals surface area contributed by atoms with E-state index < -0.39 is 40.6 Å². The number of carboxylic acids is 2. The van der Waals surface area contributed by atoms with E-state index in [0.717, 1.165) is 5.39 Å². The first-order valence-electron chi connectivity index (χ1n) is 12.0. The molecule has 0 aliphatic heterocycles. The van der Waals surface area contributed by atoms with Gasteiger partial charge in [0.25, 0.3) is 0 Å². The summed E-state index contributed by atoms with van der Waals surface area (Å²) >= 11 is 12.6. The van der Waals surface area contributed by atoms with Gasteiger partial charge in [0.05, 0.1) is 26.7 Å². The van der Waals surface area contributed by atoms with Gasteiger partial charge in [0, 0.05) is 23.3 Å². The van der Waals surface area contributed by atoms with Gasteiger partial charge in [-0.15, -0.1) is 0 Å². The second-order valence-electron chi connectivity index (χ2n) is 10.4. The number of hydrogen-bond donors (Lipinski definition) is 3. The quantitative estimate of drug-likeness (QED) is 0.344. The molecule has 1 aliphatic carbocycles. The van der Waals surface area contributed by atoms with Crippen molar-refractivity contribution in [3.8, 4) is 11.3 Å². The highest BCUT2D eigenvalue weighted by molar-refractivity contribution is 6.39. The van der Waals surface area contributed by atoms with Crippen LogP contribution in [0.1, 0.15) is 39.2 Å². The van der Waals surface area contributed by atoms with Crippen molar-refractivity contribution in [3.05, 3.63) is 64.1 Å². The molecule has 1 fully saturated rings. The Labute approximate surface area is 224 Å². The van der Waals surface area contributed by atoms with E-state index in [4.69, 9.17) is 23.2 Å². The van der Waals surface area contributed by atoms with Crippen molar-refractivity contribution in [2.24, 2.45) is 16.7 Å². The number of rotatable bonds is 7. The first-order chi connectivity index (χ1) is 17.3. The molecule has 0 bridgehead atoms. The fourth-order valence-corrected chi connectivity index (χ4v) is 5.82. The number of pyridine rings is 1. The fraction of sp³-hybridized carbons (Fsp3) is 0.357. The summed E-state index contributed by atoms with van der Waals surface area (Å²) in [4.78, 5) is 41.7. The highest BCUT2D eigenvalue weighted by atomic mass is 35.5. The van der Waals surface area contributed by atoms with Gasteiger partial charge in [-0.3, -0.25) is 9.59 Å². The standard InChI is InChI=1S/C28H28Cl2N2O5/c1-27(2)17(11-12-28(27,3)26(36)37)24(33)32-22(25(34)35)14-15-7-9-20-16(13-15)8-10-21(31-20)23-18(29)5-4-6-19(23)30/h4-10,13,17,22H,11-12,14H2,1-3H3,(H,32,33)(H,34,35)(H,36,37). The first-order valence-corrected chi connectivity index (χ1v) is 12.7. The lowest BCUT2D eigenvalue weighted by atomic mass is 9.65. The average molecular weight is 543 g/mol. The SMILES string of the molecule is CC1(C(=O)O)CCC(C(=O)NC(Cc2ccc3nc(-c4c(Cl)cccc4Cl)ccc3c2)C(=O)O)C1(C)C. The Morgan fingerprint density at radius 1 is 1.05 bits per heavy atom. The van der Waals surface area contributed by atoms with Gasteiger partial charge >= 0.3 is 11.9 Å². The largest absolute Gasteiger partial charge is 0.481 e. The summed E-state index contributed by atoms with van der Waals surface area (Å²) in [5, 5.41) is 24.0. The molecule has 0 saturated heterocycles. The molecule has 0 spiro atoms. The van der Waals surface area contributed by atoms with Crippen molar-refractivity contribution in [3.63, 3.8) is 0 Å². The van der Waals surface area contributed by atoms with E-state index in [2.05, 4.69) is 10.3 Å². The predicted molar refractivity (Wildman–Crippen MR) is 143 cm³/mol. The third-order valence-electron chi connectivity index (χ3n) is 8.04. The predicted octanol–water partition coefficient (Wildman–Crippen LogP) is 5.85. The molecule has 1 aromatic heterocycles. The molecular weight excluding hydrogens is 515 g/mol. The van der Waals surface area contributed by atoms with E-state index in [1.54, 1.807) is 57.2 Å². The Hall–Kier alpha value is -3.16. The molecule has 194 valence electrons. The summed E-state index contributed by atoms with van der Waals surface area (Å²) in [6.45, 7) is 5.16. The molecule has 9 heteroatoms. The first kappa shape index (κ1) is 26.9. The molecule has 1 saturated carbocycles. The molecule has 37 heavy (non-hydrogen) atoms. The Kier molecular flexibility index (Phi) is 7.23. The van der Waals surface area contributed by atoms with Crippen LogP contribution < -0.4 is 5.32 Å². The van der Waals surface area contributed by atoms with E-state index in [9.17, 15) is 24.6 Å². The summed E-state index contributed by atoms with van der Waals surface area (Å²) < 4.78 is 0. The number of benzene rings is 2. The van der Waals surface area contributed by atoms with Crippen LogP contribution in [0.4, 0.5) is 0 Å². The van der Waals surface area contributed by atoms with Crippen molar-refractivity contribution >= 4 is 52.0 Å². The van der Waals surface area contributed by atoms with Gasteiger partial charge in [-0.1, -0.05) is 55.2 Å². The van der Waals surface area contributed by atoms with Crippen molar-refractivity contribution in [2.75, 3.05) is 0 Å². The number of halogens is 2. The van der Waals surface area contributed by atoms with Gasteiger partial charge in [0.2, 0.25) is 5.91 Å². The lowest BCUT2D eigenvalue weighted by Gasteiger charge is -2.38. The molecule has 3 N–H and O–H groups in total. The normalized spacial score (nSPS) is 21.5. The maximum atomic E-state index is 13.1. The van der Waals surface area contributed by atoms with E-state index in [-0.39, 0.29) is 6.42 Å². The third kappa shape index (κ3) is 4.90. The van der Waals surface area contributed by atoms with Gasteiger partial charge in [-0.05, 0) is 61.1 Å². The second-order valence-corrected chi connectivity index (χ2v) is 11.2. The van der Waals surface area contributed by atoms with Crippen LogP contribution in [0.25, 0.3) is 22.2 Å². The van der Waals surface area contributed by atoms with Crippen molar-refractivity contribution in [2.45, 2.75) is 46.1 Å². The number of hydrogen-bond acceptors (Lipinski definition) is 4. The third-order valence-corrected chi connectivity index (χ3v) is 8.67. The molecule has 7 nitrogen and oxygen atoms in total. The number of fused-ring (bicyclic) bond motifs is 1. The lowest BCUT2D eigenvalue weighted by molar-refractivity contribution is -0.155. The van der Waals surface area contributed by atoms with E-state index >= 15 is 0 Å². The van der Waals surface area contributed by atoms with Gasteiger partial charge in [-0.25, -0.2) is 9.78 Å². The fourth-order valence-electron chi connectivity index (χ4n) is 5.23. The molecule has 2 aromatic carbocycles. The number of carbonyl (C=O) groups excluding carboxylic acids is 1. The zero-order valence-corrected chi connectivity index (χ0v) is 22.2. The van der Waals surface area contributed by atoms with Gasteiger partial charge in [0.15, 0.2) is 0 Å². The van der Waals surface area contributed by atoms with Crippen LogP contribution in [0.2, 0.25) is 10.0 Å². The number of amides is 1. The van der Waals surface area contributed by atoms with Gasteiger partial charge in [-0.2, -0.15) is 0 Å². The summed E-state index contributed by atoms with van der Waals surface area (Å²) in [6, 6.07) is 13.2. The maximum absolute atomic E-state index is 13.1. The molecule has 1 amide bonds. The highest BCUT2D eigenvalue weighted by Gasteiger charge is 2.58. The van der Waals surface area contributed by atoms with Crippen LogP contribution in [0.15, 0.2) is 48.5 Å². The zero-order valence-electron chi connectivity index (χ0n) is 20.7. The highest BCUT2D eigenvalue weighted by Crippen LogP contribution is 2.56. The van der Waals surface area contributed by atoms with Crippen molar-refractivity contribution < 1.29 is 24.6 Å². The van der Waals surface area contributed by atoms with Crippen LogP contribution in [0.3, 0.4) is 0 Å². The smallest absolute Gasteiger partial charge is 0.326 e. The number of aromatic nitrogens is 1. The van der Waals surface area contributed by atoms with Crippen LogP contribution in [0.5, 0.6) is 0 Å². The van der Waals surface area contributed by atoms with Gasteiger partial charge in [0.1, 0.15) is 6.04 Å². The van der Waals surface area contributed by atoms with Crippen molar-refractivity contribution in [1.82, 2.24) is 10.3 Å². The van der Waals surface area contributed by atoms with E-state index in [1.165, 1.54) is 0 Å². The average Bonchev–Trinajstić information content (AvgIpc) is 3.08. The number of aliphatic carboxylic acids is 2. The van der Waals surface area contributed by atoms with Crippen LogP contribution in [-0.4, -0.2) is 39.1 Å². The lowest BCUT2D eigenvalue weighted by Crippen LogP contribution is -2.49. The topological polar surface area (TPSA) is 117 Å². The van der Waals surface area contributed by atoms with Crippen molar-refractivity contribution in [1.29, 1.82) is 0 Å². The number of carboxylic acid groups (broad SMARTS) is 2. The minimum atomic E-state index is -1.16. The summed E-state index contributed by atoms with van der Waals surface area (Å²) in [5.74, 6) is -3.16. The molecule has 3 aromatic rings. The Morgan fingerprint density at radius 3 is 2.32 bits per heavy atom. The van der Waals surface area contributed by atoms with Gasteiger partial charge < -0.3 is 15.5 Å². The molecular formula is C28H28Cl2N2O5. The number of nitrogens with zero attached hydrogens (tertiary/aromatic N) is 1. The van der Waals surface area contributed by atoms with Crippen LogP contribution >= 0.6 is 23.2 Å². The minimum absolute atomic E-state index is 0.0679. The van der Waals surface area contributed by atoms with Crippen LogP contribution in [0, 0.1) is 16.7 Å². The number of nitrogens with one attached hydrogen (secondary N) is 1. The summed E-state index contributed by atoms with van der Waals surface area (Å²) in [7, 11) is 0. The monoisotopic (exact) mass is 542 g/mol. The molecule has 1 aliphatic rings. The Morgan fingerprint density at radius 2 is 1.73 bits per heavy atom. The maximum Gasteiger partial charge on any atom is 0.326 e. The second kappa shape index (κ2) is 9.95. The molecule has 4 rings (SSSR count). The Bertz CT molecular complexity index is 1390.